The minimum Gasteiger partial charge on any atom is -0.493 e. The van der Waals surface area contributed by atoms with Gasteiger partial charge in [-0.1, -0.05) is 48.0 Å². The van der Waals surface area contributed by atoms with E-state index in [9.17, 15) is 0 Å². The van der Waals surface area contributed by atoms with Gasteiger partial charge in [0.05, 0.1) is 12.6 Å². The highest BCUT2D eigenvalue weighted by molar-refractivity contribution is 9.10. The van der Waals surface area contributed by atoms with Gasteiger partial charge in [0.15, 0.2) is 0 Å². The molecule has 0 bridgehead atoms. The van der Waals surface area contributed by atoms with Crippen LogP contribution in [0.25, 0.3) is 0 Å². The molecule has 4 rings (SSSR count). The quantitative estimate of drug-likeness (QED) is 0.734. The lowest BCUT2D eigenvalue weighted by Gasteiger charge is -2.48. The van der Waals surface area contributed by atoms with Crippen molar-refractivity contribution in [2.45, 2.75) is 25.3 Å². The van der Waals surface area contributed by atoms with Crippen LogP contribution in [0.3, 0.4) is 0 Å². The fourth-order valence-electron chi connectivity index (χ4n) is 3.73. The van der Waals surface area contributed by atoms with E-state index in [4.69, 9.17) is 4.74 Å². The Balaban J connectivity index is 1.88. The third-order valence-electron chi connectivity index (χ3n) is 4.99. The highest BCUT2D eigenvalue weighted by Crippen LogP contribution is 2.52. The summed E-state index contributed by atoms with van der Waals surface area (Å²) in [5.74, 6) is 1.43. The van der Waals surface area contributed by atoms with Gasteiger partial charge >= 0.3 is 0 Å². The minimum absolute atomic E-state index is 0.0898. The van der Waals surface area contributed by atoms with E-state index in [1.807, 2.05) is 6.07 Å². The van der Waals surface area contributed by atoms with Crippen molar-refractivity contribution in [3.05, 3.63) is 58.1 Å². The zero-order valence-corrected chi connectivity index (χ0v) is 13.8. The van der Waals surface area contributed by atoms with E-state index in [1.165, 1.54) is 16.8 Å². The number of ether oxygens (including phenoxy) is 1. The predicted molar refractivity (Wildman–Crippen MR) is 89.0 cm³/mol. The Bertz CT molecular complexity index is 710. The Morgan fingerprint density at radius 1 is 1.19 bits per heavy atom. The molecule has 2 heterocycles. The minimum atomic E-state index is 0.0898. The Hall–Kier alpha value is -1.48. The van der Waals surface area contributed by atoms with E-state index in [-0.39, 0.29) is 5.41 Å². The summed E-state index contributed by atoms with van der Waals surface area (Å²) in [6, 6.07) is 15.2. The highest BCUT2D eigenvalue weighted by Gasteiger charge is 2.46. The highest BCUT2D eigenvalue weighted by atomic mass is 79.9. The van der Waals surface area contributed by atoms with Crippen molar-refractivity contribution in [2.24, 2.45) is 5.92 Å². The van der Waals surface area contributed by atoms with Gasteiger partial charge in [0, 0.05) is 27.1 Å². The lowest BCUT2D eigenvalue weighted by Crippen LogP contribution is -2.46. The maximum Gasteiger partial charge on any atom is 0.124 e. The third kappa shape index (κ3) is 1.90. The van der Waals surface area contributed by atoms with E-state index < -0.39 is 0 Å². The molecule has 3 heteroatoms. The molecule has 0 amide bonds. The largest absolute Gasteiger partial charge is 0.493 e. The summed E-state index contributed by atoms with van der Waals surface area (Å²) in [6.45, 7) is 5.42. The van der Waals surface area contributed by atoms with E-state index in [2.05, 4.69) is 71.5 Å². The average Bonchev–Trinajstić information content (AvgIpc) is 2.47. The fraction of sp³-hybridized carbons (Fsp3) is 0.333. The molecule has 0 aliphatic carbocycles. The number of anilines is 1. The van der Waals surface area contributed by atoms with Gasteiger partial charge < -0.3 is 10.1 Å². The summed E-state index contributed by atoms with van der Waals surface area (Å²) < 4.78 is 7.14. The number of hydrogen-bond donors (Lipinski definition) is 1. The number of nitrogens with one attached hydrogen (secondary N) is 1. The van der Waals surface area contributed by atoms with Crippen molar-refractivity contribution in [2.75, 3.05) is 11.9 Å². The second kappa shape index (κ2) is 4.51. The molecular weight excluding hydrogens is 326 g/mol. The van der Waals surface area contributed by atoms with Gasteiger partial charge in [-0.3, -0.25) is 0 Å². The summed E-state index contributed by atoms with van der Waals surface area (Å²) in [5.41, 5.74) is 3.97. The molecule has 0 unspecified atom stereocenters. The summed E-state index contributed by atoms with van der Waals surface area (Å²) >= 11 is 3.58. The van der Waals surface area contributed by atoms with Crippen LogP contribution in [0, 0.1) is 5.92 Å². The predicted octanol–water partition coefficient (Wildman–Crippen LogP) is 4.90. The first-order chi connectivity index (χ1) is 10.1. The summed E-state index contributed by atoms with van der Waals surface area (Å²) in [7, 11) is 0. The molecule has 2 aliphatic heterocycles. The fourth-order valence-corrected chi connectivity index (χ4v) is 4.11. The van der Waals surface area contributed by atoms with Crippen LogP contribution in [0.5, 0.6) is 5.75 Å². The molecule has 0 radical (unpaired) electrons. The lowest BCUT2D eigenvalue weighted by atomic mass is 9.65. The second-order valence-electron chi connectivity index (χ2n) is 6.49. The van der Waals surface area contributed by atoms with E-state index in [1.54, 1.807) is 0 Å². The van der Waals surface area contributed by atoms with Gasteiger partial charge in [-0.25, -0.2) is 0 Å². The van der Waals surface area contributed by atoms with Crippen LogP contribution in [0.4, 0.5) is 5.69 Å². The maximum absolute atomic E-state index is 6.04. The summed E-state index contributed by atoms with van der Waals surface area (Å²) in [4.78, 5) is 0. The van der Waals surface area contributed by atoms with Crippen molar-refractivity contribution < 1.29 is 4.74 Å². The Labute approximate surface area is 133 Å². The number of halogens is 1. The number of para-hydroxylation sites is 1. The van der Waals surface area contributed by atoms with Crippen LogP contribution in [-0.2, 0) is 5.41 Å². The standard InChI is InChI=1S/C18H18BrNO/c1-18(2)13-5-3-4-6-15(13)20-17-12-9-11(19)7-8-16(12)21-10-14(17)18/h3-9,14,17,20H,10H2,1-2H3/t14-,17-/m1/s1. The average molecular weight is 344 g/mol. The molecule has 0 spiro atoms. The van der Waals surface area contributed by atoms with Crippen molar-refractivity contribution in [1.82, 2.24) is 0 Å². The first-order valence-electron chi connectivity index (χ1n) is 7.35. The van der Waals surface area contributed by atoms with Gasteiger partial charge in [-0.2, -0.15) is 0 Å². The van der Waals surface area contributed by atoms with Crippen LogP contribution < -0.4 is 10.1 Å². The van der Waals surface area contributed by atoms with Crippen LogP contribution >= 0.6 is 15.9 Å². The van der Waals surface area contributed by atoms with Gasteiger partial charge in [0.2, 0.25) is 0 Å². The van der Waals surface area contributed by atoms with E-state index in [0.29, 0.717) is 12.0 Å². The first kappa shape index (κ1) is 13.2. The normalized spacial score (nSPS) is 24.9. The molecule has 2 atom stereocenters. The lowest BCUT2D eigenvalue weighted by molar-refractivity contribution is 0.135. The van der Waals surface area contributed by atoms with Crippen molar-refractivity contribution >= 4 is 21.6 Å². The molecule has 0 aromatic heterocycles. The monoisotopic (exact) mass is 343 g/mol. The third-order valence-corrected chi connectivity index (χ3v) is 5.48. The smallest absolute Gasteiger partial charge is 0.124 e. The van der Waals surface area contributed by atoms with Crippen LogP contribution in [0.15, 0.2) is 46.9 Å². The van der Waals surface area contributed by atoms with Crippen molar-refractivity contribution in [3.8, 4) is 5.75 Å². The van der Waals surface area contributed by atoms with Gasteiger partial charge in [0.1, 0.15) is 5.75 Å². The van der Waals surface area contributed by atoms with Crippen LogP contribution in [-0.4, -0.2) is 6.61 Å². The van der Waals surface area contributed by atoms with Gasteiger partial charge in [-0.05, 0) is 29.8 Å². The van der Waals surface area contributed by atoms with Crippen LogP contribution in [0.2, 0.25) is 0 Å². The molecule has 21 heavy (non-hydrogen) atoms. The van der Waals surface area contributed by atoms with Gasteiger partial charge in [-0.15, -0.1) is 0 Å². The summed E-state index contributed by atoms with van der Waals surface area (Å²) in [6.07, 6.45) is 0. The number of hydrogen-bond acceptors (Lipinski definition) is 2. The molecule has 2 aromatic rings. The van der Waals surface area contributed by atoms with E-state index in [0.717, 1.165) is 16.8 Å². The second-order valence-corrected chi connectivity index (χ2v) is 7.40. The zero-order valence-electron chi connectivity index (χ0n) is 12.2. The molecule has 1 N–H and O–H groups in total. The van der Waals surface area contributed by atoms with Crippen LogP contribution in [0.1, 0.15) is 31.0 Å². The molecular formula is C18H18BrNO. The molecule has 2 aliphatic rings. The van der Waals surface area contributed by atoms with Gasteiger partial charge in [0.25, 0.3) is 0 Å². The molecule has 0 saturated carbocycles. The van der Waals surface area contributed by atoms with E-state index >= 15 is 0 Å². The molecule has 0 saturated heterocycles. The maximum atomic E-state index is 6.04. The molecule has 2 nitrogen and oxygen atoms in total. The Morgan fingerprint density at radius 2 is 2.00 bits per heavy atom. The number of rotatable bonds is 0. The molecule has 0 fully saturated rings. The zero-order chi connectivity index (χ0) is 14.6. The SMILES string of the molecule is CC1(C)c2ccccc2N[C@@H]2c3cc(Br)ccc3OC[C@H]21. The Kier molecular flexibility index (Phi) is 2.83. The Morgan fingerprint density at radius 3 is 2.86 bits per heavy atom. The topological polar surface area (TPSA) is 21.3 Å². The molecule has 2 aromatic carbocycles. The number of fused-ring (bicyclic) bond motifs is 4. The van der Waals surface area contributed by atoms with Crippen molar-refractivity contribution in [3.63, 3.8) is 0 Å². The number of benzene rings is 2. The molecule has 108 valence electrons. The van der Waals surface area contributed by atoms with Crippen molar-refractivity contribution in [1.29, 1.82) is 0 Å². The first-order valence-corrected chi connectivity index (χ1v) is 8.15. The summed E-state index contributed by atoms with van der Waals surface area (Å²) in [5, 5.41) is 3.74.